The van der Waals surface area contributed by atoms with Crippen LogP contribution in [0.4, 0.5) is 0 Å². The predicted molar refractivity (Wildman–Crippen MR) is 56.6 cm³/mol. The summed E-state index contributed by atoms with van der Waals surface area (Å²) in [4.78, 5) is 0. The standard InChI is InChI=1S/C6H19N4P2.ClH/c1-7(2)10(11)12(8(3)4)9(5)6;/h11H,1-6H3;1H/q+1;/p-1. The van der Waals surface area contributed by atoms with Crippen LogP contribution in [0, 0.1) is 0 Å². The van der Waals surface area contributed by atoms with E-state index >= 15 is 0 Å². The Morgan fingerprint density at radius 2 is 1.23 bits per heavy atom. The van der Waals surface area contributed by atoms with Crippen molar-refractivity contribution in [3.05, 3.63) is 0 Å². The SMILES string of the molecule is CN(C)[N+](=P)P(N(C)C)N(C)C.[Cl-]. The Morgan fingerprint density at radius 3 is 1.31 bits per heavy atom. The minimum Gasteiger partial charge on any atom is -1.00 e. The van der Waals surface area contributed by atoms with Crippen LogP contribution in [0.25, 0.3) is 0 Å². The Morgan fingerprint density at radius 1 is 0.923 bits per heavy atom. The summed E-state index contributed by atoms with van der Waals surface area (Å²) in [5, 5.41) is 2.02. The molecule has 0 aliphatic heterocycles. The first-order valence-electron chi connectivity index (χ1n) is 3.71. The first-order valence-corrected chi connectivity index (χ1v) is 5.35. The molecule has 0 saturated carbocycles. The molecular formula is C6H19ClN4P2. The van der Waals surface area contributed by atoms with Gasteiger partial charge in [0.25, 0.3) is 0 Å². The fourth-order valence-corrected chi connectivity index (χ4v) is 3.64. The Kier molecular flexibility index (Phi) is 8.76. The number of rotatable bonds is 4. The molecule has 0 rings (SSSR count). The van der Waals surface area contributed by atoms with Crippen molar-refractivity contribution in [2.75, 3.05) is 42.3 Å². The van der Waals surface area contributed by atoms with Gasteiger partial charge in [0.1, 0.15) is 0 Å². The van der Waals surface area contributed by atoms with E-state index in [-0.39, 0.29) is 12.4 Å². The second kappa shape index (κ2) is 7.05. The molecule has 0 radical (unpaired) electrons. The molecule has 0 unspecified atom stereocenters. The molecule has 0 spiro atoms. The van der Waals surface area contributed by atoms with Crippen LogP contribution in [0.2, 0.25) is 0 Å². The minimum absolute atomic E-state index is 0. The third kappa shape index (κ3) is 5.21. The second-order valence-electron chi connectivity index (χ2n) is 3.10. The second-order valence-corrected chi connectivity index (χ2v) is 6.41. The first kappa shape index (κ1) is 16.1. The molecule has 80 valence electrons. The molecule has 0 amide bonds. The summed E-state index contributed by atoms with van der Waals surface area (Å²) in [6.45, 7) is 0. The summed E-state index contributed by atoms with van der Waals surface area (Å²) in [6, 6.07) is 0. The van der Waals surface area contributed by atoms with Crippen LogP contribution >= 0.6 is 17.4 Å². The summed E-state index contributed by atoms with van der Waals surface area (Å²) >= 11 is 0. The Labute approximate surface area is 91.1 Å². The van der Waals surface area contributed by atoms with Gasteiger partial charge in [0.15, 0.2) is 0 Å². The monoisotopic (exact) mass is 244 g/mol. The van der Waals surface area contributed by atoms with Crippen molar-refractivity contribution in [2.45, 2.75) is 0 Å². The lowest BCUT2D eigenvalue weighted by atomic mass is 11.2. The van der Waals surface area contributed by atoms with E-state index in [1.807, 2.05) is 23.3 Å². The fourth-order valence-electron chi connectivity index (χ4n) is 0.857. The third-order valence-electron chi connectivity index (χ3n) is 1.26. The van der Waals surface area contributed by atoms with E-state index in [1.165, 1.54) is 0 Å². The Balaban J connectivity index is 0. The first-order chi connectivity index (χ1) is 5.37. The largest absolute Gasteiger partial charge is 1.00 e. The average molecular weight is 245 g/mol. The van der Waals surface area contributed by atoms with Crippen molar-refractivity contribution in [3.63, 3.8) is 0 Å². The quantitative estimate of drug-likeness (QED) is 0.426. The lowest BCUT2D eigenvalue weighted by molar-refractivity contribution is -0.532. The van der Waals surface area contributed by atoms with Crippen LogP contribution in [-0.4, -0.2) is 60.8 Å². The number of nitrogens with zero attached hydrogens (tertiary/aromatic N) is 4. The van der Waals surface area contributed by atoms with Gasteiger partial charge in [0, 0.05) is 14.1 Å². The van der Waals surface area contributed by atoms with Gasteiger partial charge in [0.2, 0.25) is 9.03 Å². The summed E-state index contributed by atoms with van der Waals surface area (Å²) in [5.74, 6) is 0. The molecule has 0 fully saturated rings. The molecule has 0 N–H and O–H groups in total. The number of hydrazine groups is 1. The van der Waals surface area contributed by atoms with E-state index in [9.17, 15) is 0 Å². The van der Waals surface area contributed by atoms with Crippen LogP contribution in [-0.2, 0) is 0 Å². The van der Waals surface area contributed by atoms with Crippen LogP contribution in [0.5, 0.6) is 0 Å². The molecule has 4 nitrogen and oxygen atoms in total. The lowest BCUT2D eigenvalue weighted by Crippen LogP contribution is -3.00. The van der Waals surface area contributed by atoms with E-state index < -0.39 is 8.37 Å². The zero-order chi connectivity index (χ0) is 9.89. The van der Waals surface area contributed by atoms with Crippen LogP contribution in [0.1, 0.15) is 0 Å². The van der Waals surface area contributed by atoms with Crippen molar-refractivity contribution in [1.82, 2.24) is 14.3 Å². The third-order valence-corrected chi connectivity index (χ3v) is 4.33. The van der Waals surface area contributed by atoms with Gasteiger partial charge in [-0.1, -0.05) is 9.22 Å². The van der Waals surface area contributed by atoms with Gasteiger partial charge >= 0.3 is 8.37 Å². The summed E-state index contributed by atoms with van der Waals surface area (Å²) in [7, 11) is 15.4. The highest BCUT2D eigenvalue weighted by Gasteiger charge is 2.29. The van der Waals surface area contributed by atoms with Crippen molar-refractivity contribution in [2.24, 2.45) is 0 Å². The van der Waals surface area contributed by atoms with E-state index in [0.717, 1.165) is 0 Å². The van der Waals surface area contributed by atoms with Crippen LogP contribution < -0.4 is 12.4 Å². The molecule has 7 heteroatoms. The molecule has 0 bridgehead atoms. The predicted octanol–water partition coefficient (Wildman–Crippen LogP) is -1.84. The van der Waals surface area contributed by atoms with Gasteiger partial charge in [-0.05, 0) is 28.2 Å². The maximum atomic E-state index is 3.57. The topological polar surface area (TPSA) is 12.7 Å². The minimum atomic E-state index is -0.440. The zero-order valence-electron chi connectivity index (χ0n) is 9.11. The van der Waals surface area contributed by atoms with Gasteiger partial charge in [0.05, 0.1) is 0 Å². The van der Waals surface area contributed by atoms with Crippen molar-refractivity contribution >= 4 is 17.4 Å². The highest BCUT2D eigenvalue weighted by atomic mass is 35.5. The molecule has 0 aliphatic carbocycles. The molecule has 0 aliphatic rings. The maximum Gasteiger partial charge on any atom is 0.375 e. The Hall–Kier alpha value is 0.700. The number of hydrogen-bond donors (Lipinski definition) is 0. The van der Waals surface area contributed by atoms with E-state index in [1.54, 1.807) is 0 Å². The fraction of sp³-hybridized carbons (Fsp3) is 1.00. The van der Waals surface area contributed by atoms with E-state index in [2.05, 4.69) is 46.6 Å². The molecule has 0 aromatic heterocycles. The maximum absolute atomic E-state index is 3.57. The average Bonchev–Trinajstić information content (AvgIpc) is 1.85. The van der Waals surface area contributed by atoms with Crippen LogP contribution in [0.3, 0.4) is 0 Å². The summed E-state index contributed by atoms with van der Waals surface area (Å²) in [6.07, 6.45) is 0. The van der Waals surface area contributed by atoms with Gasteiger partial charge in [-0.15, -0.1) is 0 Å². The molecule has 13 heavy (non-hydrogen) atoms. The molecule has 0 aromatic rings. The van der Waals surface area contributed by atoms with Crippen LogP contribution in [0.15, 0.2) is 0 Å². The van der Waals surface area contributed by atoms with Gasteiger partial charge in [-0.2, -0.15) is 0 Å². The summed E-state index contributed by atoms with van der Waals surface area (Å²) < 4.78 is 6.40. The molecule has 0 saturated heterocycles. The zero-order valence-corrected chi connectivity index (χ0v) is 11.8. The lowest BCUT2D eigenvalue weighted by Gasteiger charge is -2.24. The molecule has 0 heterocycles. The van der Waals surface area contributed by atoms with Gasteiger partial charge < -0.3 is 12.4 Å². The van der Waals surface area contributed by atoms with Crippen molar-refractivity contribution < 1.29 is 16.6 Å². The smallest absolute Gasteiger partial charge is 0.375 e. The number of halogens is 1. The Bertz CT molecular complexity index is 155. The number of hydrogen-bond acceptors (Lipinski definition) is 2. The molecule has 0 atom stereocenters. The van der Waals surface area contributed by atoms with E-state index in [0.29, 0.717) is 0 Å². The highest BCUT2D eigenvalue weighted by molar-refractivity contribution is 7.47. The molecule has 0 aromatic carbocycles. The normalized spacial score (nSPS) is 11.2. The molecular weight excluding hydrogens is 225 g/mol. The van der Waals surface area contributed by atoms with Gasteiger partial charge in [-0.3, -0.25) is 0 Å². The van der Waals surface area contributed by atoms with E-state index in [4.69, 9.17) is 0 Å². The van der Waals surface area contributed by atoms with Gasteiger partial charge in [-0.25, -0.2) is 9.34 Å². The summed E-state index contributed by atoms with van der Waals surface area (Å²) in [5.41, 5.74) is 0. The highest BCUT2D eigenvalue weighted by Crippen LogP contribution is 2.41. The van der Waals surface area contributed by atoms with Crippen molar-refractivity contribution in [3.8, 4) is 0 Å². The van der Waals surface area contributed by atoms with Crippen molar-refractivity contribution in [1.29, 1.82) is 0 Å².